The summed E-state index contributed by atoms with van der Waals surface area (Å²) in [6, 6.07) is 0. The molecule has 2 unspecified atom stereocenters. The molecule has 1 fully saturated rings. The number of rotatable bonds is 14. The van der Waals surface area contributed by atoms with Gasteiger partial charge in [-0.15, -0.1) is 0 Å². The molecular weight excluding hydrogens is 358 g/mol. The lowest BCUT2D eigenvalue weighted by atomic mass is 10.0. The maximum Gasteiger partial charge on any atom is 0.243 e. The van der Waals surface area contributed by atoms with Crippen LogP contribution in [0.4, 0.5) is 0 Å². The minimum Gasteiger partial charge on any atom is -0.494 e. The highest BCUT2D eigenvalue weighted by atomic mass is 16.5. The topological polar surface area (TPSA) is 100 Å². The smallest absolute Gasteiger partial charge is 0.243 e. The summed E-state index contributed by atoms with van der Waals surface area (Å²) in [4.78, 5) is 22.7. The first kappa shape index (κ1) is 22.1. The molecule has 156 valence electrons. The van der Waals surface area contributed by atoms with Crippen LogP contribution in [0.15, 0.2) is 29.1 Å². The average molecular weight is 392 g/mol. The van der Waals surface area contributed by atoms with Crippen LogP contribution >= 0.6 is 0 Å². The van der Waals surface area contributed by atoms with Gasteiger partial charge in [-0.25, -0.2) is 10.9 Å². The minimum absolute atomic E-state index is 0.0587. The van der Waals surface area contributed by atoms with Crippen molar-refractivity contribution in [1.29, 1.82) is 0 Å². The van der Waals surface area contributed by atoms with Crippen LogP contribution in [-0.4, -0.2) is 29.8 Å². The van der Waals surface area contributed by atoms with Gasteiger partial charge in [0.15, 0.2) is 0 Å². The van der Waals surface area contributed by atoms with Gasteiger partial charge in [0.2, 0.25) is 11.8 Å². The normalized spacial score (nSPS) is 22.5. The van der Waals surface area contributed by atoms with Crippen molar-refractivity contribution in [1.82, 2.24) is 10.9 Å². The van der Waals surface area contributed by atoms with Gasteiger partial charge in [0.25, 0.3) is 0 Å². The predicted molar refractivity (Wildman–Crippen MR) is 108 cm³/mol. The van der Waals surface area contributed by atoms with E-state index < -0.39 is 0 Å². The Morgan fingerprint density at radius 1 is 1.21 bits per heavy atom. The molecule has 2 aliphatic carbocycles. The van der Waals surface area contributed by atoms with Crippen LogP contribution in [0.5, 0.6) is 0 Å². The Morgan fingerprint density at radius 3 is 2.64 bits per heavy atom. The summed E-state index contributed by atoms with van der Waals surface area (Å²) in [6.07, 6.45) is 16.5. The molecule has 0 heterocycles. The van der Waals surface area contributed by atoms with Gasteiger partial charge < -0.3 is 4.74 Å². The van der Waals surface area contributed by atoms with Crippen molar-refractivity contribution in [3.8, 4) is 0 Å². The Balaban J connectivity index is 1.56. The fourth-order valence-corrected chi connectivity index (χ4v) is 3.31. The summed E-state index contributed by atoms with van der Waals surface area (Å²) < 4.78 is 5.79. The fourth-order valence-electron chi connectivity index (χ4n) is 3.31. The number of carbonyl (C=O) groups excluding carboxylic acids is 2. The number of hydrogen-bond acceptors (Lipinski definition) is 5. The second-order valence-corrected chi connectivity index (χ2v) is 7.62. The molecule has 0 aliphatic heterocycles. The second kappa shape index (κ2) is 11.6. The summed E-state index contributed by atoms with van der Waals surface area (Å²) in [5.41, 5.74) is 4.16. The summed E-state index contributed by atoms with van der Waals surface area (Å²) in [7, 11) is 0. The zero-order valence-electron chi connectivity index (χ0n) is 16.8. The zero-order valence-corrected chi connectivity index (χ0v) is 16.8. The monoisotopic (exact) mass is 391 g/mol. The van der Waals surface area contributed by atoms with Gasteiger partial charge >= 0.3 is 0 Å². The Bertz CT molecular complexity index is 615. The Kier molecular flexibility index (Phi) is 9.20. The highest BCUT2D eigenvalue weighted by molar-refractivity contribution is 5.79. The second-order valence-electron chi connectivity index (χ2n) is 7.62. The van der Waals surface area contributed by atoms with Gasteiger partial charge in [-0.3, -0.25) is 14.8 Å². The summed E-state index contributed by atoms with van der Waals surface area (Å²) >= 11 is 0. The first-order valence-corrected chi connectivity index (χ1v) is 10.4. The van der Waals surface area contributed by atoms with E-state index in [-0.39, 0.29) is 17.2 Å². The number of nitrogens with one attached hydrogen (secondary N) is 2. The van der Waals surface area contributed by atoms with Crippen LogP contribution in [0.1, 0.15) is 71.1 Å². The van der Waals surface area contributed by atoms with Gasteiger partial charge in [-0.2, -0.15) is 5.10 Å². The number of hydrogen-bond donors (Lipinski definition) is 3. The van der Waals surface area contributed by atoms with Gasteiger partial charge in [0.05, 0.1) is 6.61 Å². The number of ether oxygens (including phenoxy) is 1. The van der Waals surface area contributed by atoms with E-state index >= 15 is 0 Å². The van der Waals surface area contributed by atoms with E-state index in [9.17, 15) is 9.59 Å². The average Bonchev–Trinajstić information content (AvgIpc) is 3.41. The van der Waals surface area contributed by atoms with Gasteiger partial charge in [-0.05, 0) is 43.8 Å². The van der Waals surface area contributed by atoms with Crippen LogP contribution in [0.2, 0.25) is 0 Å². The maximum atomic E-state index is 11.8. The Morgan fingerprint density at radius 2 is 1.96 bits per heavy atom. The molecular formula is C21H33N3O4. The van der Waals surface area contributed by atoms with Crippen molar-refractivity contribution in [3.63, 3.8) is 0 Å². The molecule has 0 aromatic rings. The highest BCUT2D eigenvalue weighted by Gasteiger charge is 2.51. The number of allylic oxidation sites excluding steroid dienone is 3. The lowest BCUT2D eigenvalue weighted by molar-refractivity contribution is -0.129. The number of nitrogens with zero attached hydrogens (tertiary/aromatic N) is 1. The van der Waals surface area contributed by atoms with Crippen LogP contribution in [-0.2, 0) is 14.3 Å². The molecule has 1 saturated carbocycles. The molecule has 0 spiro atoms. The Hall–Kier alpha value is -2.15. The molecule has 0 aromatic heterocycles. The molecule has 0 bridgehead atoms. The van der Waals surface area contributed by atoms with Crippen molar-refractivity contribution in [2.24, 2.45) is 16.4 Å². The third-order valence-corrected chi connectivity index (χ3v) is 5.22. The highest BCUT2D eigenvalue weighted by Crippen LogP contribution is 2.55. The van der Waals surface area contributed by atoms with Crippen molar-refractivity contribution >= 4 is 18.0 Å². The zero-order chi connectivity index (χ0) is 20.2. The molecule has 0 saturated heterocycles. The molecule has 2 rings (SSSR count). The standard InChI is InChI=1S/C21H33N3O4/c1-2-3-8-13-28-18-11-12-21(15-17(21)14-18)16-22-23-19(25)9-6-4-5-7-10-20(26)24-27/h11-12,14,16-17,27H,2-10,13,15H2,1H3,(H,23,25)(H,24,26)/b22-16+. The molecule has 0 aromatic carbocycles. The van der Waals surface area contributed by atoms with Gasteiger partial charge in [0, 0.05) is 24.5 Å². The molecule has 2 aliphatic rings. The third kappa shape index (κ3) is 7.46. The quantitative estimate of drug-likeness (QED) is 0.182. The van der Waals surface area contributed by atoms with E-state index in [2.05, 4.69) is 29.6 Å². The van der Waals surface area contributed by atoms with E-state index in [1.54, 1.807) is 5.48 Å². The number of hydroxylamine groups is 1. The minimum atomic E-state index is -0.369. The number of carbonyl (C=O) groups is 2. The molecule has 7 nitrogen and oxygen atoms in total. The molecule has 2 amide bonds. The van der Waals surface area contributed by atoms with Crippen molar-refractivity contribution in [3.05, 3.63) is 24.0 Å². The van der Waals surface area contributed by atoms with Crippen molar-refractivity contribution in [2.45, 2.75) is 71.1 Å². The van der Waals surface area contributed by atoms with E-state index in [1.807, 2.05) is 12.3 Å². The van der Waals surface area contributed by atoms with Crippen LogP contribution in [0.3, 0.4) is 0 Å². The lowest BCUT2D eigenvalue weighted by Gasteiger charge is -2.13. The number of unbranched alkanes of at least 4 members (excludes halogenated alkanes) is 5. The number of fused-ring (bicyclic) bond motifs is 1. The SMILES string of the molecule is CCCCCOC1=CC2CC2(/C=N/NC(=O)CCCCCCC(=O)NO)C=C1. The number of amides is 2. The fraction of sp³-hybridized carbons (Fsp3) is 0.667. The summed E-state index contributed by atoms with van der Waals surface area (Å²) in [6.45, 7) is 2.95. The van der Waals surface area contributed by atoms with Gasteiger partial charge in [0.1, 0.15) is 5.76 Å². The van der Waals surface area contributed by atoms with Gasteiger partial charge in [-0.1, -0.05) is 38.7 Å². The predicted octanol–water partition coefficient (Wildman–Crippen LogP) is 3.60. The molecule has 0 radical (unpaired) electrons. The van der Waals surface area contributed by atoms with Crippen LogP contribution in [0, 0.1) is 11.3 Å². The van der Waals surface area contributed by atoms with E-state index in [0.29, 0.717) is 25.2 Å². The summed E-state index contributed by atoms with van der Waals surface area (Å²) in [5.74, 6) is 0.901. The molecule has 28 heavy (non-hydrogen) atoms. The molecule has 3 N–H and O–H groups in total. The first-order chi connectivity index (χ1) is 13.6. The van der Waals surface area contributed by atoms with Crippen molar-refractivity contribution < 1.29 is 19.5 Å². The maximum absolute atomic E-state index is 11.8. The van der Waals surface area contributed by atoms with Crippen LogP contribution in [0.25, 0.3) is 0 Å². The third-order valence-electron chi connectivity index (χ3n) is 5.22. The largest absolute Gasteiger partial charge is 0.494 e. The van der Waals surface area contributed by atoms with E-state index in [0.717, 1.165) is 44.5 Å². The molecule has 2 atom stereocenters. The summed E-state index contributed by atoms with van der Waals surface area (Å²) in [5, 5.41) is 12.5. The molecule has 7 heteroatoms. The number of hydrazone groups is 1. The van der Waals surface area contributed by atoms with Crippen LogP contribution < -0.4 is 10.9 Å². The lowest BCUT2D eigenvalue weighted by Crippen LogP contribution is -2.19. The Labute approximate surface area is 167 Å². The first-order valence-electron chi connectivity index (χ1n) is 10.4. The van der Waals surface area contributed by atoms with Crippen molar-refractivity contribution in [2.75, 3.05) is 6.61 Å². The van der Waals surface area contributed by atoms with E-state index in [4.69, 9.17) is 9.94 Å². The van der Waals surface area contributed by atoms with E-state index in [1.165, 1.54) is 12.8 Å².